The molecule has 0 N–H and O–H groups in total. The maximum absolute atomic E-state index is 12.5. The SMILES string of the molecule is O=C(c1ccccc1)c1ccc(N2CCCC2)cc1I. The maximum atomic E-state index is 12.5. The van der Waals surface area contributed by atoms with Gasteiger partial charge in [-0.15, -0.1) is 0 Å². The van der Waals surface area contributed by atoms with Crippen molar-refractivity contribution >= 4 is 34.1 Å². The number of benzene rings is 2. The first kappa shape index (κ1) is 13.6. The van der Waals surface area contributed by atoms with Crippen LogP contribution in [0.3, 0.4) is 0 Å². The van der Waals surface area contributed by atoms with Crippen LogP contribution in [0.1, 0.15) is 28.8 Å². The number of carbonyl (C=O) groups excluding carboxylic acids is 1. The summed E-state index contributed by atoms with van der Waals surface area (Å²) in [6, 6.07) is 15.6. The van der Waals surface area contributed by atoms with E-state index in [4.69, 9.17) is 0 Å². The van der Waals surface area contributed by atoms with Gasteiger partial charge in [-0.25, -0.2) is 0 Å². The molecule has 0 amide bonds. The Bertz CT molecular complexity index is 618. The summed E-state index contributed by atoms with van der Waals surface area (Å²) in [6.45, 7) is 2.25. The molecule has 2 aromatic rings. The zero-order valence-electron chi connectivity index (χ0n) is 11.2. The van der Waals surface area contributed by atoms with E-state index in [-0.39, 0.29) is 5.78 Å². The van der Waals surface area contributed by atoms with Gasteiger partial charge in [0, 0.05) is 33.5 Å². The van der Waals surface area contributed by atoms with Gasteiger partial charge in [0.05, 0.1) is 0 Å². The molecule has 2 nitrogen and oxygen atoms in total. The van der Waals surface area contributed by atoms with Crippen LogP contribution in [0.5, 0.6) is 0 Å². The van der Waals surface area contributed by atoms with Gasteiger partial charge in [0.15, 0.2) is 5.78 Å². The zero-order valence-corrected chi connectivity index (χ0v) is 13.3. The van der Waals surface area contributed by atoms with Crippen LogP contribution in [0.4, 0.5) is 5.69 Å². The smallest absolute Gasteiger partial charge is 0.194 e. The lowest BCUT2D eigenvalue weighted by molar-refractivity contribution is 0.103. The largest absolute Gasteiger partial charge is 0.372 e. The Morgan fingerprint density at radius 3 is 2.35 bits per heavy atom. The Balaban J connectivity index is 1.89. The van der Waals surface area contributed by atoms with Crippen molar-refractivity contribution in [3.05, 3.63) is 63.2 Å². The first-order chi connectivity index (χ1) is 9.75. The molecule has 0 aliphatic carbocycles. The van der Waals surface area contributed by atoms with Gasteiger partial charge < -0.3 is 4.90 Å². The third-order valence-electron chi connectivity index (χ3n) is 3.70. The number of hydrogen-bond acceptors (Lipinski definition) is 2. The minimum atomic E-state index is 0.1000. The van der Waals surface area contributed by atoms with Crippen molar-refractivity contribution in [2.24, 2.45) is 0 Å². The number of anilines is 1. The minimum absolute atomic E-state index is 0.1000. The zero-order chi connectivity index (χ0) is 13.9. The second-order valence-corrected chi connectivity index (χ2v) is 6.22. The summed E-state index contributed by atoms with van der Waals surface area (Å²) in [5.41, 5.74) is 2.77. The van der Waals surface area contributed by atoms with Gasteiger partial charge in [-0.2, -0.15) is 0 Å². The molecule has 1 heterocycles. The van der Waals surface area contributed by atoms with Crippen LogP contribution in [-0.2, 0) is 0 Å². The Kier molecular flexibility index (Phi) is 4.05. The Labute approximate surface area is 132 Å². The van der Waals surface area contributed by atoms with Crippen LogP contribution in [0.25, 0.3) is 0 Å². The van der Waals surface area contributed by atoms with E-state index in [2.05, 4.69) is 39.6 Å². The molecular formula is C17H16INO. The lowest BCUT2D eigenvalue weighted by Crippen LogP contribution is -2.18. The molecule has 0 radical (unpaired) electrons. The van der Waals surface area contributed by atoms with Crippen LogP contribution in [0.2, 0.25) is 0 Å². The van der Waals surface area contributed by atoms with Crippen LogP contribution < -0.4 is 4.90 Å². The van der Waals surface area contributed by atoms with Gasteiger partial charge in [-0.05, 0) is 53.6 Å². The van der Waals surface area contributed by atoms with Crippen LogP contribution in [-0.4, -0.2) is 18.9 Å². The van der Waals surface area contributed by atoms with E-state index in [1.807, 2.05) is 36.4 Å². The molecule has 1 aliphatic rings. The average Bonchev–Trinajstić information content (AvgIpc) is 3.01. The molecule has 102 valence electrons. The Morgan fingerprint density at radius 1 is 1.00 bits per heavy atom. The molecule has 0 aromatic heterocycles. The molecule has 1 aliphatic heterocycles. The molecule has 3 rings (SSSR count). The third kappa shape index (κ3) is 2.73. The van der Waals surface area contributed by atoms with Gasteiger partial charge in [-0.3, -0.25) is 4.79 Å². The predicted octanol–water partition coefficient (Wildman–Crippen LogP) is 4.12. The maximum Gasteiger partial charge on any atom is 0.194 e. The molecule has 0 unspecified atom stereocenters. The topological polar surface area (TPSA) is 20.3 Å². The Hall–Kier alpha value is -1.36. The number of halogens is 1. The third-order valence-corrected chi connectivity index (χ3v) is 4.60. The molecular weight excluding hydrogens is 361 g/mol. The van der Waals surface area contributed by atoms with Crippen LogP contribution in [0.15, 0.2) is 48.5 Å². The van der Waals surface area contributed by atoms with Crippen LogP contribution >= 0.6 is 22.6 Å². The molecule has 0 bridgehead atoms. The fourth-order valence-corrected chi connectivity index (χ4v) is 3.35. The molecule has 0 spiro atoms. The quantitative estimate of drug-likeness (QED) is 0.593. The van der Waals surface area contributed by atoms with Crippen molar-refractivity contribution in [3.63, 3.8) is 0 Å². The van der Waals surface area contributed by atoms with Crippen molar-refractivity contribution in [3.8, 4) is 0 Å². The van der Waals surface area contributed by atoms with Crippen molar-refractivity contribution in [1.82, 2.24) is 0 Å². The number of hydrogen-bond donors (Lipinski definition) is 0. The molecule has 20 heavy (non-hydrogen) atoms. The van der Waals surface area contributed by atoms with Gasteiger partial charge in [0.25, 0.3) is 0 Å². The fraction of sp³-hybridized carbons (Fsp3) is 0.235. The van der Waals surface area contributed by atoms with E-state index in [9.17, 15) is 4.79 Å². The van der Waals surface area contributed by atoms with Crippen molar-refractivity contribution in [1.29, 1.82) is 0 Å². The summed E-state index contributed by atoms with van der Waals surface area (Å²) >= 11 is 2.27. The number of nitrogens with zero attached hydrogens (tertiary/aromatic N) is 1. The highest BCUT2D eigenvalue weighted by Gasteiger charge is 2.16. The van der Waals surface area contributed by atoms with Crippen LogP contribution in [0, 0.1) is 3.57 Å². The van der Waals surface area contributed by atoms with Crippen molar-refractivity contribution in [2.45, 2.75) is 12.8 Å². The Morgan fingerprint density at radius 2 is 1.70 bits per heavy atom. The highest BCUT2D eigenvalue weighted by Crippen LogP contribution is 2.25. The summed E-state index contributed by atoms with van der Waals surface area (Å²) in [5.74, 6) is 0.1000. The summed E-state index contributed by atoms with van der Waals surface area (Å²) in [4.78, 5) is 14.9. The summed E-state index contributed by atoms with van der Waals surface area (Å²) in [6.07, 6.45) is 2.53. The van der Waals surface area contributed by atoms with E-state index in [0.29, 0.717) is 0 Å². The summed E-state index contributed by atoms with van der Waals surface area (Å²) < 4.78 is 1.03. The van der Waals surface area contributed by atoms with Gasteiger partial charge in [-0.1, -0.05) is 30.3 Å². The highest BCUT2D eigenvalue weighted by atomic mass is 127. The van der Waals surface area contributed by atoms with E-state index in [1.165, 1.54) is 18.5 Å². The second kappa shape index (κ2) is 5.95. The fourth-order valence-electron chi connectivity index (χ4n) is 2.61. The van der Waals surface area contributed by atoms with Gasteiger partial charge in [0.1, 0.15) is 0 Å². The van der Waals surface area contributed by atoms with Crippen molar-refractivity contribution < 1.29 is 4.79 Å². The predicted molar refractivity (Wildman–Crippen MR) is 90.5 cm³/mol. The monoisotopic (exact) mass is 377 g/mol. The lowest BCUT2D eigenvalue weighted by atomic mass is 10.0. The first-order valence-electron chi connectivity index (χ1n) is 6.90. The molecule has 3 heteroatoms. The average molecular weight is 377 g/mol. The molecule has 2 aromatic carbocycles. The first-order valence-corrected chi connectivity index (χ1v) is 7.98. The minimum Gasteiger partial charge on any atom is -0.372 e. The molecule has 1 saturated heterocycles. The number of rotatable bonds is 3. The molecule has 0 saturated carbocycles. The van der Waals surface area contributed by atoms with E-state index >= 15 is 0 Å². The standard InChI is InChI=1S/C17H16INO/c18-16-12-14(19-10-4-5-11-19)8-9-15(16)17(20)13-6-2-1-3-7-13/h1-3,6-9,12H,4-5,10-11H2. The van der Waals surface area contributed by atoms with Gasteiger partial charge >= 0.3 is 0 Å². The van der Waals surface area contributed by atoms with E-state index in [0.717, 1.165) is 27.8 Å². The molecule has 0 atom stereocenters. The lowest BCUT2D eigenvalue weighted by Gasteiger charge is -2.18. The van der Waals surface area contributed by atoms with Gasteiger partial charge in [0.2, 0.25) is 0 Å². The molecule has 1 fully saturated rings. The highest BCUT2D eigenvalue weighted by molar-refractivity contribution is 14.1. The summed E-state index contributed by atoms with van der Waals surface area (Å²) in [7, 11) is 0. The second-order valence-electron chi connectivity index (χ2n) is 5.05. The normalized spacial score (nSPS) is 14.6. The van der Waals surface area contributed by atoms with E-state index in [1.54, 1.807) is 0 Å². The van der Waals surface area contributed by atoms with E-state index < -0.39 is 0 Å². The number of carbonyl (C=O) groups is 1. The van der Waals surface area contributed by atoms with Crippen molar-refractivity contribution in [2.75, 3.05) is 18.0 Å². The summed E-state index contributed by atoms with van der Waals surface area (Å²) in [5, 5.41) is 0. The number of ketones is 1.